The highest BCUT2D eigenvalue weighted by Crippen LogP contribution is 2.42. The minimum atomic E-state index is -2.39. The molecule has 0 aromatic heterocycles. The number of hydrogen-bond acceptors (Lipinski definition) is 3. The van der Waals surface area contributed by atoms with Crippen LogP contribution in [-0.2, 0) is 11.1 Å². The SMILES string of the molecule is N#CC(Br)(Br)C(c1ccccc1)S(=O)[O-]. The zero-order valence-corrected chi connectivity index (χ0v) is 11.4. The molecule has 0 N–H and O–H groups in total. The molecule has 15 heavy (non-hydrogen) atoms. The van der Waals surface area contributed by atoms with Crippen molar-refractivity contribution in [3.63, 3.8) is 0 Å². The van der Waals surface area contributed by atoms with Crippen LogP contribution >= 0.6 is 31.9 Å². The summed E-state index contributed by atoms with van der Waals surface area (Å²) in [5.41, 5.74) is 0.557. The highest BCUT2D eigenvalue weighted by atomic mass is 79.9. The van der Waals surface area contributed by atoms with Crippen molar-refractivity contribution in [2.75, 3.05) is 0 Å². The molecule has 0 aliphatic rings. The van der Waals surface area contributed by atoms with Crippen LogP contribution in [0, 0.1) is 11.3 Å². The average Bonchev–Trinajstić information content (AvgIpc) is 2.18. The van der Waals surface area contributed by atoms with E-state index in [1.807, 2.05) is 6.07 Å². The van der Waals surface area contributed by atoms with Crippen LogP contribution in [0.15, 0.2) is 30.3 Å². The molecule has 1 rings (SSSR count). The van der Waals surface area contributed by atoms with Crippen LogP contribution < -0.4 is 0 Å². The lowest BCUT2D eigenvalue weighted by Gasteiger charge is -2.27. The molecule has 6 heteroatoms. The molecule has 0 saturated heterocycles. The normalized spacial score (nSPS) is 15.3. The van der Waals surface area contributed by atoms with Gasteiger partial charge in [0.05, 0.1) is 11.3 Å². The lowest BCUT2D eigenvalue weighted by Crippen LogP contribution is -2.24. The average molecular weight is 352 g/mol. The zero-order chi connectivity index (χ0) is 11.5. The molecular formula is C9H6Br2NO2S-. The van der Waals surface area contributed by atoms with Gasteiger partial charge in [0.1, 0.15) is 0 Å². The summed E-state index contributed by atoms with van der Waals surface area (Å²) in [4.78, 5) is 0. The summed E-state index contributed by atoms with van der Waals surface area (Å²) in [7, 11) is 0. The van der Waals surface area contributed by atoms with Crippen molar-refractivity contribution < 1.29 is 8.76 Å². The molecule has 0 bridgehead atoms. The summed E-state index contributed by atoms with van der Waals surface area (Å²) in [6.07, 6.45) is 0. The number of hydrogen-bond donors (Lipinski definition) is 0. The Morgan fingerprint density at radius 3 is 2.33 bits per heavy atom. The summed E-state index contributed by atoms with van der Waals surface area (Å²) in [5, 5.41) is 7.90. The first-order valence-corrected chi connectivity index (χ1v) is 6.63. The largest absolute Gasteiger partial charge is 0.772 e. The van der Waals surface area contributed by atoms with Gasteiger partial charge < -0.3 is 4.55 Å². The van der Waals surface area contributed by atoms with Crippen molar-refractivity contribution in [2.45, 2.75) is 8.48 Å². The van der Waals surface area contributed by atoms with Crippen molar-refractivity contribution in [3.05, 3.63) is 35.9 Å². The number of halogens is 2. The Morgan fingerprint density at radius 2 is 1.93 bits per heavy atom. The highest BCUT2D eigenvalue weighted by molar-refractivity contribution is 9.25. The summed E-state index contributed by atoms with van der Waals surface area (Å²) < 4.78 is 20.9. The standard InChI is InChI=1S/C9H7Br2NO2S/c10-9(11,6-12)8(15(13)14)7-4-2-1-3-5-7/h1-5,8H,(H,13,14)/p-1. The molecule has 1 aromatic rings. The van der Waals surface area contributed by atoms with Gasteiger partial charge in [-0.2, -0.15) is 5.26 Å². The van der Waals surface area contributed by atoms with E-state index >= 15 is 0 Å². The monoisotopic (exact) mass is 350 g/mol. The molecule has 0 fully saturated rings. The molecule has 0 saturated carbocycles. The minimum absolute atomic E-state index is 0.557. The molecule has 0 radical (unpaired) electrons. The predicted octanol–water partition coefficient (Wildman–Crippen LogP) is 2.62. The molecule has 1 aromatic carbocycles. The van der Waals surface area contributed by atoms with Gasteiger partial charge in [-0.15, -0.1) is 0 Å². The van der Waals surface area contributed by atoms with Crippen molar-refractivity contribution in [1.82, 2.24) is 0 Å². The number of nitriles is 1. The van der Waals surface area contributed by atoms with E-state index in [0.717, 1.165) is 0 Å². The Hall–Kier alpha value is -0.220. The fourth-order valence-corrected chi connectivity index (χ4v) is 3.25. The van der Waals surface area contributed by atoms with Crippen LogP contribution in [0.3, 0.4) is 0 Å². The van der Waals surface area contributed by atoms with Crippen LogP contribution in [0.2, 0.25) is 0 Å². The van der Waals surface area contributed by atoms with Crippen LogP contribution in [0.5, 0.6) is 0 Å². The molecule has 0 aliphatic heterocycles. The first kappa shape index (κ1) is 12.8. The third kappa shape index (κ3) is 3.11. The van der Waals surface area contributed by atoms with Gasteiger partial charge >= 0.3 is 0 Å². The zero-order valence-electron chi connectivity index (χ0n) is 7.39. The fraction of sp³-hybridized carbons (Fsp3) is 0.222. The highest BCUT2D eigenvalue weighted by Gasteiger charge is 2.36. The van der Waals surface area contributed by atoms with Gasteiger partial charge in [-0.3, -0.25) is 4.21 Å². The fourth-order valence-electron chi connectivity index (χ4n) is 1.13. The van der Waals surface area contributed by atoms with Gasteiger partial charge in [0.2, 0.25) is 0 Å². The Balaban J connectivity index is 3.17. The Bertz CT molecular complexity index is 402. The first-order valence-electron chi connectivity index (χ1n) is 3.91. The van der Waals surface area contributed by atoms with Gasteiger partial charge in [0.15, 0.2) is 3.23 Å². The quantitative estimate of drug-likeness (QED) is 0.621. The first-order chi connectivity index (χ1) is 6.99. The number of rotatable bonds is 3. The second-order valence-corrected chi connectivity index (χ2v) is 7.34. The minimum Gasteiger partial charge on any atom is -0.772 e. The third-order valence-corrected chi connectivity index (χ3v) is 4.66. The molecule has 0 amide bonds. The summed E-state index contributed by atoms with van der Waals surface area (Å²) >= 11 is 3.70. The van der Waals surface area contributed by atoms with Gasteiger partial charge in [-0.05, 0) is 16.6 Å². The van der Waals surface area contributed by atoms with E-state index in [-0.39, 0.29) is 0 Å². The van der Waals surface area contributed by atoms with Crippen LogP contribution in [0.1, 0.15) is 10.8 Å². The van der Waals surface area contributed by atoms with Crippen molar-refractivity contribution in [1.29, 1.82) is 5.26 Å². The topological polar surface area (TPSA) is 63.9 Å². The van der Waals surface area contributed by atoms with Gasteiger partial charge in [0.25, 0.3) is 0 Å². The molecule has 0 spiro atoms. The van der Waals surface area contributed by atoms with Crippen LogP contribution in [0.25, 0.3) is 0 Å². The lowest BCUT2D eigenvalue weighted by atomic mass is 10.1. The number of nitrogens with zero attached hydrogens (tertiary/aromatic N) is 1. The van der Waals surface area contributed by atoms with Gasteiger partial charge in [0, 0.05) is 0 Å². The lowest BCUT2D eigenvalue weighted by molar-refractivity contribution is 0.524. The molecule has 0 aliphatic carbocycles. The van der Waals surface area contributed by atoms with E-state index in [4.69, 9.17) is 5.26 Å². The van der Waals surface area contributed by atoms with E-state index in [2.05, 4.69) is 31.9 Å². The van der Waals surface area contributed by atoms with Crippen molar-refractivity contribution in [2.24, 2.45) is 0 Å². The van der Waals surface area contributed by atoms with E-state index in [1.54, 1.807) is 30.3 Å². The van der Waals surface area contributed by atoms with E-state index in [9.17, 15) is 8.76 Å². The van der Waals surface area contributed by atoms with Gasteiger partial charge in [-0.1, -0.05) is 62.2 Å². The number of alkyl halides is 2. The molecule has 3 nitrogen and oxygen atoms in total. The molecule has 2 atom stereocenters. The Kier molecular flexibility index (Phi) is 4.46. The summed E-state index contributed by atoms with van der Waals surface area (Å²) in [5.74, 6) is 0. The maximum atomic E-state index is 11.1. The summed E-state index contributed by atoms with van der Waals surface area (Å²) in [6.45, 7) is 0. The molecule has 80 valence electrons. The van der Waals surface area contributed by atoms with Crippen molar-refractivity contribution >= 4 is 42.9 Å². The molecular weight excluding hydrogens is 346 g/mol. The van der Waals surface area contributed by atoms with Crippen LogP contribution in [0.4, 0.5) is 0 Å². The third-order valence-electron chi connectivity index (χ3n) is 1.77. The smallest absolute Gasteiger partial charge is 0.183 e. The Labute approximate surface area is 107 Å². The Morgan fingerprint density at radius 1 is 1.40 bits per heavy atom. The van der Waals surface area contributed by atoms with E-state index in [0.29, 0.717) is 5.56 Å². The maximum absolute atomic E-state index is 11.1. The van der Waals surface area contributed by atoms with Crippen LogP contribution in [-0.4, -0.2) is 12.0 Å². The molecule has 2 unspecified atom stereocenters. The van der Waals surface area contributed by atoms with Crippen molar-refractivity contribution in [3.8, 4) is 6.07 Å². The van der Waals surface area contributed by atoms with E-state index < -0.39 is 19.6 Å². The second kappa shape index (κ2) is 5.21. The summed E-state index contributed by atoms with van der Waals surface area (Å²) in [6, 6.07) is 10.4. The maximum Gasteiger partial charge on any atom is 0.183 e. The molecule has 0 heterocycles. The number of benzene rings is 1. The predicted molar refractivity (Wildman–Crippen MR) is 64.3 cm³/mol. The van der Waals surface area contributed by atoms with E-state index in [1.165, 1.54) is 0 Å². The second-order valence-electron chi connectivity index (χ2n) is 2.79. The van der Waals surface area contributed by atoms with Gasteiger partial charge in [-0.25, -0.2) is 0 Å².